The van der Waals surface area contributed by atoms with Crippen LogP contribution >= 0.6 is 0 Å². The minimum Gasteiger partial charge on any atom is -0.305 e. The summed E-state index contributed by atoms with van der Waals surface area (Å²) in [7, 11) is 1.98. The van der Waals surface area contributed by atoms with E-state index in [0.717, 1.165) is 6.04 Å². The molecular weight excluding hydrogens is 88.1 g/mol. The molecule has 1 saturated heterocycles. The van der Waals surface area contributed by atoms with Crippen LogP contribution in [0.2, 0.25) is 0 Å². The Kier molecular flexibility index (Phi) is 1.30. The molecule has 1 aliphatic rings. The third-order valence-electron chi connectivity index (χ3n) is 1.42. The van der Waals surface area contributed by atoms with E-state index >= 15 is 0 Å². The third kappa shape index (κ3) is 0.924. The molecule has 1 rings (SSSR count). The van der Waals surface area contributed by atoms with E-state index in [-0.39, 0.29) is 0 Å². The topological polar surface area (TPSA) is 24.1 Å². The van der Waals surface area contributed by atoms with E-state index in [4.69, 9.17) is 0 Å². The van der Waals surface area contributed by atoms with Gasteiger partial charge in [0.15, 0.2) is 0 Å². The van der Waals surface area contributed by atoms with Crippen molar-refractivity contribution in [3.63, 3.8) is 0 Å². The van der Waals surface area contributed by atoms with Crippen LogP contribution in [0.15, 0.2) is 0 Å². The zero-order chi connectivity index (χ0) is 5.28. The van der Waals surface area contributed by atoms with Crippen LogP contribution in [-0.2, 0) is 0 Å². The van der Waals surface area contributed by atoms with Gasteiger partial charge in [0.2, 0.25) is 0 Å². The lowest BCUT2D eigenvalue weighted by atomic mass is 10.1. The lowest BCUT2D eigenvalue weighted by molar-refractivity contribution is 0.250. The Morgan fingerprint density at radius 1 is 1.71 bits per heavy atom. The van der Waals surface area contributed by atoms with Crippen LogP contribution in [0.3, 0.4) is 0 Å². The molecule has 1 heterocycles. The molecule has 0 aromatic rings. The summed E-state index contributed by atoms with van der Waals surface area (Å²) in [6, 6.07) is 0.734. The molecule has 0 aromatic carbocycles. The first-order valence-corrected chi connectivity index (χ1v) is 2.76. The minimum absolute atomic E-state index is 0.593. The lowest BCUT2D eigenvalue weighted by Gasteiger charge is -2.34. The van der Waals surface area contributed by atoms with Gasteiger partial charge >= 0.3 is 0 Å². The predicted molar refractivity (Wildman–Crippen MR) is 30.1 cm³/mol. The molecule has 1 fully saturated rings. The quantitative estimate of drug-likeness (QED) is 0.481. The monoisotopic (exact) mass is 100 g/mol. The number of nitrogens with one attached hydrogen (secondary N) is 2. The zero-order valence-corrected chi connectivity index (χ0v) is 4.86. The van der Waals surface area contributed by atoms with Crippen molar-refractivity contribution in [1.82, 2.24) is 10.6 Å². The fourth-order valence-electron chi connectivity index (χ4n) is 0.874. The minimum atomic E-state index is 0.593. The van der Waals surface area contributed by atoms with Crippen molar-refractivity contribution in [2.75, 3.05) is 7.05 Å². The summed E-state index contributed by atoms with van der Waals surface area (Å²) in [6.07, 6.45) is 1.87. The molecule has 7 heavy (non-hydrogen) atoms. The van der Waals surface area contributed by atoms with Gasteiger partial charge in [-0.25, -0.2) is 0 Å². The van der Waals surface area contributed by atoms with Crippen LogP contribution < -0.4 is 10.6 Å². The van der Waals surface area contributed by atoms with Crippen molar-refractivity contribution in [1.29, 1.82) is 0 Å². The van der Waals surface area contributed by atoms with Crippen LogP contribution in [0.25, 0.3) is 0 Å². The van der Waals surface area contributed by atoms with E-state index in [9.17, 15) is 0 Å². The Morgan fingerprint density at radius 2 is 2.29 bits per heavy atom. The highest BCUT2D eigenvalue weighted by Gasteiger charge is 2.21. The molecule has 0 bridgehead atoms. The molecular formula is C5H12N2. The molecule has 2 atom stereocenters. The number of hydrogen-bond acceptors (Lipinski definition) is 2. The van der Waals surface area contributed by atoms with Gasteiger partial charge in [-0.1, -0.05) is 0 Å². The van der Waals surface area contributed by atoms with Crippen molar-refractivity contribution < 1.29 is 0 Å². The average molecular weight is 100 g/mol. The maximum absolute atomic E-state index is 3.28. The van der Waals surface area contributed by atoms with Crippen LogP contribution in [0.5, 0.6) is 0 Å². The van der Waals surface area contributed by atoms with E-state index in [1.807, 2.05) is 7.05 Å². The molecule has 0 radical (unpaired) electrons. The van der Waals surface area contributed by atoms with Gasteiger partial charge < -0.3 is 5.32 Å². The van der Waals surface area contributed by atoms with Gasteiger partial charge in [-0.15, -0.1) is 0 Å². The van der Waals surface area contributed by atoms with E-state index in [1.165, 1.54) is 6.42 Å². The maximum atomic E-state index is 3.28. The van der Waals surface area contributed by atoms with Crippen molar-refractivity contribution >= 4 is 0 Å². The highest BCUT2D eigenvalue weighted by molar-refractivity contribution is 4.81. The molecule has 0 amide bonds. The van der Waals surface area contributed by atoms with Crippen molar-refractivity contribution in [3.8, 4) is 0 Å². The second-order valence-electron chi connectivity index (χ2n) is 2.14. The highest BCUT2D eigenvalue weighted by Crippen LogP contribution is 2.05. The second-order valence-corrected chi connectivity index (χ2v) is 2.14. The number of rotatable bonds is 1. The zero-order valence-electron chi connectivity index (χ0n) is 4.86. The summed E-state index contributed by atoms with van der Waals surface area (Å²) < 4.78 is 0. The van der Waals surface area contributed by atoms with E-state index < -0.39 is 0 Å². The van der Waals surface area contributed by atoms with Gasteiger partial charge in [-0.2, -0.15) is 0 Å². The first kappa shape index (κ1) is 5.06. The van der Waals surface area contributed by atoms with Gasteiger partial charge in [0.25, 0.3) is 0 Å². The predicted octanol–water partition coefficient (Wildman–Crippen LogP) is -0.0863. The summed E-state index contributed by atoms with van der Waals surface area (Å²) >= 11 is 0. The van der Waals surface area contributed by atoms with Crippen LogP contribution in [0.1, 0.15) is 13.3 Å². The standard InChI is InChI=1S/C5H12N2/c1-4-3-5(6-2)7-4/h4-7H,3H2,1-2H3. The Hall–Kier alpha value is -0.0800. The van der Waals surface area contributed by atoms with Crippen LogP contribution in [-0.4, -0.2) is 19.3 Å². The average Bonchev–Trinajstić information content (AvgIpc) is 1.58. The Bertz CT molecular complexity index is 57.1. The Balaban J connectivity index is 2.06. The first-order chi connectivity index (χ1) is 3.33. The summed E-state index contributed by atoms with van der Waals surface area (Å²) in [5.74, 6) is 0. The van der Waals surface area contributed by atoms with Crippen LogP contribution in [0.4, 0.5) is 0 Å². The summed E-state index contributed by atoms with van der Waals surface area (Å²) in [5, 5.41) is 6.40. The fourth-order valence-corrected chi connectivity index (χ4v) is 0.874. The molecule has 2 nitrogen and oxygen atoms in total. The summed E-state index contributed by atoms with van der Waals surface area (Å²) in [5.41, 5.74) is 0. The smallest absolute Gasteiger partial charge is 0.0586 e. The molecule has 0 saturated carbocycles. The van der Waals surface area contributed by atoms with Gasteiger partial charge in [0.1, 0.15) is 0 Å². The Labute approximate surface area is 44.3 Å². The van der Waals surface area contributed by atoms with Crippen molar-refractivity contribution in [2.24, 2.45) is 0 Å². The van der Waals surface area contributed by atoms with Gasteiger partial charge in [-0.05, 0) is 20.4 Å². The molecule has 0 aromatic heterocycles. The highest BCUT2D eigenvalue weighted by atomic mass is 15.2. The normalized spacial score (nSPS) is 40.3. The molecule has 2 heteroatoms. The van der Waals surface area contributed by atoms with E-state index in [1.54, 1.807) is 0 Å². The lowest BCUT2D eigenvalue weighted by Crippen LogP contribution is -2.57. The fraction of sp³-hybridized carbons (Fsp3) is 1.00. The molecule has 0 aliphatic carbocycles. The summed E-state index contributed by atoms with van der Waals surface area (Å²) in [4.78, 5) is 0. The molecule has 42 valence electrons. The SMILES string of the molecule is CNC1CC(C)N1. The van der Waals surface area contributed by atoms with E-state index in [2.05, 4.69) is 17.6 Å². The maximum Gasteiger partial charge on any atom is 0.0586 e. The molecule has 2 unspecified atom stereocenters. The molecule has 0 spiro atoms. The van der Waals surface area contributed by atoms with Crippen molar-refractivity contribution in [3.05, 3.63) is 0 Å². The first-order valence-electron chi connectivity index (χ1n) is 2.76. The summed E-state index contributed by atoms with van der Waals surface area (Å²) in [6.45, 7) is 2.19. The van der Waals surface area contributed by atoms with Gasteiger partial charge in [0, 0.05) is 6.04 Å². The molecule has 2 N–H and O–H groups in total. The van der Waals surface area contributed by atoms with Gasteiger partial charge in [-0.3, -0.25) is 5.32 Å². The Morgan fingerprint density at radius 3 is 2.43 bits per heavy atom. The third-order valence-corrected chi connectivity index (χ3v) is 1.42. The van der Waals surface area contributed by atoms with Crippen LogP contribution in [0, 0.1) is 0 Å². The van der Waals surface area contributed by atoms with Gasteiger partial charge in [0.05, 0.1) is 6.17 Å². The number of hydrogen-bond donors (Lipinski definition) is 2. The van der Waals surface area contributed by atoms with E-state index in [0.29, 0.717) is 6.17 Å². The largest absolute Gasteiger partial charge is 0.305 e. The second kappa shape index (κ2) is 1.80. The molecule has 1 aliphatic heterocycles. The van der Waals surface area contributed by atoms with Crippen molar-refractivity contribution in [2.45, 2.75) is 25.6 Å².